The molecule has 0 bridgehead atoms. The quantitative estimate of drug-likeness (QED) is 0.847. The van der Waals surface area contributed by atoms with E-state index in [9.17, 15) is 4.79 Å². The second-order valence-corrected chi connectivity index (χ2v) is 5.84. The highest BCUT2D eigenvalue weighted by atomic mass is 16.4. The summed E-state index contributed by atoms with van der Waals surface area (Å²) < 4.78 is 0. The van der Waals surface area contributed by atoms with E-state index in [2.05, 4.69) is 48.2 Å². The first-order valence-corrected chi connectivity index (χ1v) is 7.48. The van der Waals surface area contributed by atoms with Crippen LogP contribution in [0, 0.1) is 0 Å². The van der Waals surface area contributed by atoms with Crippen molar-refractivity contribution in [3.63, 3.8) is 0 Å². The van der Waals surface area contributed by atoms with E-state index in [0.717, 1.165) is 39.1 Å². The average Bonchev–Trinajstić information content (AvgIpc) is 2.46. The van der Waals surface area contributed by atoms with Crippen LogP contribution in [-0.2, 0) is 11.2 Å². The van der Waals surface area contributed by atoms with E-state index in [4.69, 9.17) is 5.11 Å². The number of nitrogens with zero attached hydrogens (tertiary/aromatic N) is 3. The van der Waals surface area contributed by atoms with E-state index in [1.54, 1.807) is 0 Å². The third-order valence-corrected chi connectivity index (χ3v) is 3.89. The van der Waals surface area contributed by atoms with Gasteiger partial charge in [0.15, 0.2) is 0 Å². The molecule has 0 aromatic heterocycles. The highest BCUT2D eigenvalue weighted by Crippen LogP contribution is 2.22. The number of rotatable bonds is 6. The number of likely N-dealkylation sites (N-methyl/N-ethyl adjacent to an activating group) is 1. The molecular formula is C16H25N3O2. The Balaban J connectivity index is 1.98. The number of carbonyl (C=O) groups is 1. The molecule has 1 aromatic rings. The van der Waals surface area contributed by atoms with E-state index in [1.807, 2.05) is 4.90 Å². The van der Waals surface area contributed by atoms with Crippen molar-refractivity contribution in [2.75, 3.05) is 58.3 Å². The van der Waals surface area contributed by atoms with Gasteiger partial charge in [-0.15, -0.1) is 0 Å². The Bertz CT molecular complexity index is 468. The Morgan fingerprint density at radius 1 is 1.19 bits per heavy atom. The van der Waals surface area contributed by atoms with Gasteiger partial charge in [-0.1, -0.05) is 18.2 Å². The van der Waals surface area contributed by atoms with Crippen molar-refractivity contribution in [2.24, 2.45) is 0 Å². The van der Waals surface area contributed by atoms with Gasteiger partial charge in [-0.3, -0.25) is 9.69 Å². The molecule has 1 aliphatic rings. The maximum Gasteiger partial charge on any atom is 0.317 e. The van der Waals surface area contributed by atoms with Gasteiger partial charge >= 0.3 is 5.97 Å². The lowest BCUT2D eigenvalue weighted by Gasteiger charge is -2.36. The summed E-state index contributed by atoms with van der Waals surface area (Å²) in [4.78, 5) is 17.3. The van der Waals surface area contributed by atoms with Crippen LogP contribution in [0.15, 0.2) is 24.3 Å². The van der Waals surface area contributed by atoms with E-state index in [1.165, 1.54) is 11.3 Å². The van der Waals surface area contributed by atoms with Crippen molar-refractivity contribution in [2.45, 2.75) is 6.42 Å². The van der Waals surface area contributed by atoms with Crippen molar-refractivity contribution in [3.8, 4) is 0 Å². The summed E-state index contributed by atoms with van der Waals surface area (Å²) in [5.74, 6) is -0.741. The Morgan fingerprint density at radius 2 is 1.86 bits per heavy atom. The number of para-hydroxylation sites is 1. The Kier molecular flexibility index (Phi) is 5.59. The first-order chi connectivity index (χ1) is 10.1. The number of hydrogen-bond donors (Lipinski definition) is 1. The van der Waals surface area contributed by atoms with Gasteiger partial charge < -0.3 is 14.9 Å². The molecule has 1 N–H and O–H groups in total. The summed E-state index contributed by atoms with van der Waals surface area (Å²) in [5, 5.41) is 8.85. The fourth-order valence-electron chi connectivity index (χ4n) is 2.71. The first-order valence-electron chi connectivity index (χ1n) is 7.48. The van der Waals surface area contributed by atoms with Gasteiger partial charge in [0.2, 0.25) is 0 Å². The number of aliphatic carboxylic acids is 1. The maximum atomic E-state index is 10.8. The van der Waals surface area contributed by atoms with Crippen molar-refractivity contribution >= 4 is 11.7 Å². The van der Waals surface area contributed by atoms with E-state index in [-0.39, 0.29) is 6.54 Å². The predicted octanol–water partition coefficient (Wildman–Crippen LogP) is 0.997. The molecule has 1 heterocycles. The van der Waals surface area contributed by atoms with Crippen LogP contribution in [0.4, 0.5) is 5.69 Å². The van der Waals surface area contributed by atoms with Crippen LogP contribution in [0.5, 0.6) is 0 Å². The number of benzene rings is 1. The SMILES string of the molecule is CN(C)CCc1ccccc1N1CCN(CC(=O)O)CC1. The van der Waals surface area contributed by atoms with Crippen molar-refractivity contribution in [3.05, 3.63) is 29.8 Å². The molecule has 0 radical (unpaired) electrons. The summed E-state index contributed by atoms with van der Waals surface area (Å²) in [6, 6.07) is 8.55. The summed E-state index contributed by atoms with van der Waals surface area (Å²) in [7, 11) is 4.18. The molecular weight excluding hydrogens is 266 g/mol. The summed E-state index contributed by atoms with van der Waals surface area (Å²) >= 11 is 0. The van der Waals surface area contributed by atoms with Crippen molar-refractivity contribution < 1.29 is 9.90 Å². The predicted molar refractivity (Wildman–Crippen MR) is 85.0 cm³/mol. The Hall–Kier alpha value is -1.59. The number of piperazine rings is 1. The molecule has 116 valence electrons. The number of carboxylic acid groups (broad SMARTS) is 1. The van der Waals surface area contributed by atoms with E-state index < -0.39 is 5.97 Å². The van der Waals surface area contributed by atoms with Gasteiger partial charge in [0.05, 0.1) is 6.54 Å². The zero-order valence-electron chi connectivity index (χ0n) is 13.0. The minimum Gasteiger partial charge on any atom is -0.480 e. The average molecular weight is 291 g/mol. The zero-order chi connectivity index (χ0) is 15.2. The van der Waals surface area contributed by atoms with Gasteiger partial charge in [0.25, 0.3) is 0 Å². The highest BCUT2D eigenvalue weighted by Gasteiger charge is 2.20. The molecule has 1 fully saturated rings. The van der Waals surface area contributed by atoms with Crippen LogP contribution < -0.4 is 4.90 Å². The van der Waals surface area contributed by atoms with Gasteiger partial charge in [-0.2, -0.15) is 0 Å². The first kappa shape index (κ1) is 15.8. The molecule has 2 rings (SSSR count). The minimum absolute atomic E-state index is 0.149. The molecule has 5 nitrogen and oxygen atoms in total. The third kappa shape index (κ3) is 4.72. The third-order valence-electron chi connectivity index (χ3n) is 3.89. The highest BCUT2D eigenvalue weighted by molar-refractivity contribution is 5.69. The molecule has 1 saturated heterocycles. The number of hydrogen-bond acceptors (Lipinski definition) is 4. The van der Waals surface area contributed by atoms with Gasteiger partial charge in [0.1, 0.15) is 0 Å². The molecule has 0 aliphatic carbocycles. The van der Waals surface area contributed by atoms with Crippen molar-refractivity contribution in [1.29, 1.82) is 0 Å². The van der Waals surface area contributed by atoms with Gasteiger partial charge in [0, 0.05) is 38.4 Å². The standard InChI is InChI=1S/C16H25N3O2/c1-17(2)8-7-14-5-3-4-6-15(14)19-11-9-18(10-12-19)13-16(20)21/h3-6H,7-13H2,1-2H3,(H,20,21). The van der Waals surface area contributed by atoms with Crippen LogP contribution in [-0.4, -0.2) is 74.2 Å². The Labute approximate surface area is 126 Å². The molecule has 1 aromatic carbocycles. The molecule has 5 heteroatoms. The van der Waals surface area contributed by atoms with Crippen LogP contribution in [0.2, 0.25) is 0 Å². The Morgan fingerprint density at radius 3 is 2.48 bits per heavy atom. The second-order valence-electron chi connectivity index (χ2n) is 5.84. The fourth-order valence-corrected chi connectivity index (χ4v) is 2.71. The molecule has 0 amide bonds. The topological polar surface area (TPSA) is 47.0 Å². The minimum atomic E-state index is -0.741. The fraction of sp³-hybridized carbons (Fsp3) is 0.562. The number of carboxylic acids is 1. The van der Waals surface area contributed by atoms with Crippen LogP contribution in [0.25, 0.3) is 0 Å². The molecule has 0 atom stereocenters. The lowest BCUT2D eigenvalue weighted by atomic mass is 10.1. The lowest BCUT2D eigenvalue weighted by Crippen LogP contribution is -2.48. The summed E-state index contributed by atoms with van der Waals surface area (Å²) in [5.41, 5.74) is 2.67. The molecule has 0 spiro atoms. The summed E-state index contributed by atoms with van der Waals surface area (Å²) in [6.07, 6.45) is 1.04. The van der Waals surface area contributed by atoms with E-state index in [0.29, 0.717) is 0 Å². The smallest absolute Gasteiger partial charge is 0.317 e. The van der Waals surface area contributed by atoms with Crippen LogP contribution in [0.1, 0.15) is 5.56 Å². The monoisotopic (exact) mass is 291 g/mol. The van der Waals surface area contributed by atoms with Gasteiger partial charge in [-0.25, -0.2) is 0 Å². The zero-order valence-corrected chi connectivity index (χ0v) is 13.0. The largest absolute Gasteiger partial charge is 0.480 e. The lowest BCUT2D eigenvalue weighted by molar-refractivity contribution is -0.138. The van der Waals surface area contributed by atoms with Crippen molar-refractivity contribution in [1.82, 2.24) is 9.80 Å². The number of anilines is 1. The molecule has 1 aliphatic heterocycles. The second kappa shape index (κ2) is 7.43. The van der Waals surface area contributed by atoms with Crippen LogP contribution >= 0.6 is 0 Å². The van der Waals surface area contributed by atoms with E-state index >= 15 is 0 Å². The summed E-state index contributed by atoms with van der Waals surface area (Å²) in [6.45, 7) is 4.60. The maximum absolute atomic E-state index is 10.8. The van der Waals surface area contributed by atoms with Gasteiger partial charge in [-0.05, 0) is 32.1 Å². The normalized spacial score (nSPS) is 16.4. The molecule has 21 heavy (non-hydrogen) atoms. The molecule has 0 saturated carbocycles. The molecule has 0 unspecified atom stereocenters. The van der Waals surface area contributed by atoms with Crippen LogP contribution in [0.3, 0.4) is 0 Å².